The molecule has 2 heterocycles. The normalized spacial score (nSPS) is 10.3. The van der Waals surface area contributed by atoms with E-state index in [1.54, 1.807) is 24.4 Å². The van der Waals surface area contributed by atoms with Crippen molar-refractivity contribution < 1.29 is 4.79 Å². The maximum atomic E-state index is 12.0. The first-order valence-electron chi connectivity index (χ1n) is 9.06. The first-order valence-corrected chi connectivity index (χ1v) is 9.44. The first kappa shape index (κ1) is 20.3. The van der Waals surface area contributed by atoms with E-state index in [4.69, 9.17) is 11.6 Å². The lowest BCUT2D eigenvalue weighted by Crippen LogP contribution is -2.32. The molecule has 8 nitrogen and oxygen atoms in total. The number of amides is 2. The number of pyridine rings is 1. The first-order chi connectivity index (χ1) is 14.0. The highest BCUT2D eigenvalue weighted by atomic mass is 35.5. The highest BCUT2D eigenvalue weighted by molar-refractivity contribution is 6.33. The van der Waals surface area contributed by atoms with Crippen LogP contribution < -0.4 is 21.3 Å². The summed E-state index contributed by atoms with van der Waals surface area (Å²) in [5, 5.41) is 12.3. The summed E-state index contributed by atoms with van der Waals surface area (Å²) in [6.45, 7) is 4.83. The Balaban J connectivity index is 1.45. The van der Waals surface area contributed by atoms with Gasteiger partial charge in [-0.15, -0.1) is 0 Å². The van der Waals surface area contributed by atoms with Gasteiger partial charge in [0.05, 0.1) is 10.7 Å². The molecule has 0 aliphatic heterocycles. The fourth-order valence-electron chi connectivity index (χ4n) is 2.51. The van der Waals surface area contributed by atoms with E-state index in [-0.39, 0.29) is 6.03 Å². The summed E-state index contributed by atoms with van der Waals surface area (Å²) in [5.41, 5.74) is 2.70. The third kappa shape index (κ3) is 6.32. The van der Waals surface area contributed by atoms with Gasteiger partial charge >= 0.3 is 6.03 Å². The minimum atomic E-state index is -0.326. The standard InChI is InChI=1S/C20H22ClN7O/c1-13-3-4-16(15(21)9-13)27-20(29)24-8-7-23-17-11-19(26-12-25-17)28-18-10-14(2)5-6-22-18/h3-6,9-12H,7-8H2,1-2H3,(H2,24,27,29)(H2,22,23,25,26,28). The molecule has 29 heavy (non-hydrogen) atoms. The van der Waals surface area contributed by atoms with E-state index >= 15 is 0 Å². The molecule has 1 aromatic carbocycles. The molecule has 2 amide bonds. The van der Waals surface area contributed by atoms with Gasteiger partial charge in [0.2, 0.25) is 0 Å². The van der Waals surface area contributed by atoms with Crippen LogP contribution in [0.3, 0.4) is 0 Å². The number of carbonyl (C=O) groups is 1. The Labute approximate surface area is 174 Å². The number of urea groups is 1. The van der Waals surface area contributed by atoms with Crippen LogP contribution in [0.15, 0.2) is 48.9 Å². The van der Waals surface area contributed by atoms with Crippen molar-refractivity contribution in [2.24, 2.45) is 0 Å². The van der Waals surface area contributed by atoms with Gasteiger partial charge in [-0.2, -0.15) is 0 Å². The van der Waals surface area contributed by atoms with E-state index in [0.717, 1.165) is 11.1 Å². The van der Waals surface area contributed by atoms with Gasteiger partial charge < -0.3 is 21.3 Å². The van der Waals surface area contributed by atoms with Gasteiger partial charge in [0.25, 0.3) is 0 Å². The molecule has 0 aliphatic rings. The van der Waals surface area contributed by atoms with E-state index in [9.17, 15) is 4.79 Å². The Hall–Kier alpha value is -3.39. The Morgan fingerprint density at radius 3 is 2.48 bits per heavy atom. The third-order valence-electron chi connectivity index (χ3n) is 3.93. The van der Waals surface area contributed by atoms with Crippen molar-refractivity contribution >= 4 is 40.8 Å². The molecular formula is C20H22ClN7O. The lowest BCUT2D eigenvalue weighted by molar-refractivity contribution is 0.252. The monoisotopic (exact) mass is 411 g/mol. The van der Waals surface area contributed by atoms with E-state index in [1.165, 1.54) is 6.33 Å². The summed E-state index contributed by atoms with van der Waals surface area (Å²) in [5.74, 6) is 1.97. The van der Waals surface area contributed by atoms with Crippen LogP contribution in [-0.2, 0) is 0 Å². The Morgan fingerprint density at radius 1 is 0.931 bits per heavy atom. The van der Waals surface area contributed by atoms with Crippen LogP contribution in [-0.4, -0.2) is 34.1 Å². The number of halogens is 1. The number of aryl methyl sites for hydroxylation is 2. The smallest absolute Gasteiger partial charge is 0.319 e. The van der Waals surface area contributed by atoms with Crippen molar-refractivity contribution in [1.29, 1.82) is 0 Å². The molecule has 0 fully saturated rings. The second-order valence-corrected chi connectivity index (χ2v) is 6.83. The van der Waals surface area contributed by atoms with Gasteiger partial charge in [-0.25, -0.2) is 19.7 Å². The number of hydrogen-bond donors (Lipinski definition) is 4. The number of carbonyl (C=O) groups excluding carboxylic acids is 1. The molecule has 0 aliphatic carbocycles. The van der Waals surface area contributed by atoms with Gasteiger partial charge in [0.1, 0.15) is 23.8 Å². The number of hydrogen-bond acceptors (Lipinski definition) is 6. The average Bonchev–Trinajstić information content (AvgIpc) is 2.68. The van der Waals surface area contributed by atoms with Crippen LogP contribution in [0, 0.1) is 13.8 Å². The Bertz CT molecular complexity index is 996. The van der Waals surface area contributed by atoms with E-state index in [0.29, 0.717) is 41.3 Å². The zero-order chi connectivity index (χ0) is 20.6. The highest BCUT2D eigenvalue weighted by Crippen LogP contribution is 2.22. The van der Waals surface area contributed by atoms with Gasteiger partial charge in [-0.1, -0.05) is 17.7 Å². The van der Waals surface area contributed by atoms with Crippen molar-refractivity contribution in [3.05, 3.63) is 65.1 Å². The average molecular weight is 412 g/mol. The molecule has 0 radical (unpaired) electrons. The molecule has 3 aromatic rings. The van der Waals surface area contributed by atoms with Crippen molar-refractivity contribution in [2.45, 2.75) is 13.8 Å². The summed E-state index contributed by atoms with van der Waals surface area (Å²) < 4.78 is 0. The molecule has 0 saturated carbocycles. The number of anilines is 4. The number of benzene rings is 1. The largest absolute Gasteiger partial charge is 0.368 e. The van der Waals surface area contributed by atoms with E-state index < -0.39 is 0 Å². The van der Waals surface area contributed by atoms with Crippen molar-refractivity contribution in [2.75, 3.05) is 29.0 Å². The van der Waals surface area contributed by atoms with E-state index in [2.05, 4.69) is 36.2 Å². The SMILES string of the molecule is Cc1ccnc(Nc2cc(NCCNC(=O)Nc3ccc(C)cc3Cl)ncn2)c1. The Kier molecular flexibility index (Phi) is 6.80. The van der Waals surface area contributed by atoms with Gasteiger partial charge in [-0.3, -0.25) is 0 Å². The zero-order valence-electron chi connectivity index (χ0n) is 16.2. The molecular weight excluding hydrogens is 390 g/mol. The number of rotatable bonds is 7. The zero-order valence-corrected chi connectivity index (χ0v) is 16.9. The molecule has 9 heteroatoms. The maximum absolute atomic E-state index is 12.0. The number of nitrogens with one attached hydrogen (secondary N) is 4. The highest BCUT2D eigenvalue weighted by Gasteiger charge is 2.05. The summed E-state index contributed by atoms with van der Waals surface area (Å²) in [7, 11) is 0. The molecule has 0 atom stereocenters. The number of aromatic nitrogens is 3. The minimum absolute atomic E-state index is 0.326. The summed E-state index contributed by atoms with van der Waals surface area (Å²) >= 11 is 6.12. The molecule has 150 valence electrons. The van der Waals surface area contributed by atoms with Gasteiger partial charge in [0.15, 0.2) is 0 Å². The number of nitrogens with zero attached hydrogens (tertiary/aromatic N) is 3. The van der Waals surface area contributed by atoms with Crippen LogP contribution >= 0.6 is 11.6 Å². The van der Waals surface area contributed by atoms with Crippen molar-refractivity contribution in [3.8, 4) is 0 Å². The third-order valence-corrected chi connectivity index (χ3v) is 4.24. The predicted molar refractivity (Wildman–Crippen MR) is 116 cm³/mol. The minimum Gasteiger partial charge on any atom is -0.368 e. The van der Waals surface area contributed by atoms with Crippen LogP contribution in [0.4, 0.5) is 27.9 Å². The van der Waals surface area contributed by atoms with Crippen LogP contribution in [0.2, 0.25) is 5.02 Å². The Morgan fingerprint density at radius 2 is 1.69 bits per heavy atom. The quantitative estimate of drug-likeness (QED) is 0.436. The molecule has 0 saturated heterocycles. The topological polar surface area (TPSA) is 104 Å². The molecule has 2 aromatic heterocycles. The molecule has 0 bridgehead atoms. The van der Waals surface area contributed by atoms with Crippen molar-refractivity contribution in [3.63, 3.8) is 0 Å². The second-order valence-electron chi connectivity index (χ2n) is 6.42. The molecule has 0 spiro atoms. The lowest BCUT2D eigenvalue weighted by atomic mass is 10.2. The molecule has 0 unspecified atom stereocenters. The summed E-state index contributed by atoms with van der Waals surface area (Å²) in [4.78, 5) is 24.6. The van der Waals surface area contributed by atoms with Crippen molar-refractivity contribution in [1.82, 2.24) is 20.3 Å². The second kappa shape index (κ2) is 9.70. The van der Waals surface area contributed by atoms with Crippen LogP contribution in [0.1, 0.15) is 11.1 Å². The van der Waals surface area contributed by atoms with Gasteiger partial charge in [0, 0.05) is 25.4 Å². The fourth-order valence-corrected chi connectivity index (χ4v) is 2.80. The molecule has 3 rings (SSSR count). The predicted octanol–water partition coefficient (Wildman–Crippen LogP) is 4.12. The van der Waals surface area contributed by atoms with Crippen LogP contribution in [0.25, 0.3) is 0 Å². The fraction of sp³-hybridized carbons (Fsp3) is 0.200. The van der Waals surface area contributed by atoms with Crippen LogP contribution in [0.5, 0.6) is 0 Å². The maximum Gasteiger partial charge on any atom is 0.319 e. The summed E-state index contributed by atoms with van der Waals surface area (Å²) in [6.07, 6.45) is 3.19. The lowest BCUT2D eigenvalue weighted by Gasteiger charge is -2.11. The summed E-state index contributed by atoms with van der Waals surface area (Å²) in [6, 6.07) is 10.8. The molecule has 4 N–H and O–H groups in total. The van der Waals surface area contributed by atoms with Gasteiger partial charge in [-0.05, 0) is 49.2 Å². The van der Waals surface area contributed by atoms with E-state index in [1.807, 2.05) is 32.0 Å².